The van der Waals surface area contributed by atoms with E-state index in [9.17, 15) is 9.00 Å². The maximum absolute atomic E-state index is 10.7. The Labute approximate surface area is 106 Å². The SMILES string of the molecule is O=C(O)Nc1ccc2cc(CS(=O)O)ccc2c1. The molecular weight excluding hydrogens is 254 g/mol. The third kappa shape index (κ3) is 3.06. The first-order chi connectivity index (χ1) is 8.54. The van der Waals surface area contributed by atoms with Crippen LogP contribution in [0.1, 0.15) is 5.56 Å². The van der Waals surface area contributed by atoms with Gasteiger partial charge < -0.3 is 9.66 Å². The van der Waals surface area contributed by atoms with Crippen LogP contribution in [0.15, 0.2) is 36.4 Å². The smallest absolute Gasteiger partial charge is 0.409 e. The number of fused-ring (bicyclic) bond motifs is 1. The van der Waals surface area contributed by atoms with Crippen LogP contribution in [0.4, 0.5) is 10.5 Å². The lowest BCUT2D eigenvalue weighted by molar-refractivity contribution is 0.210. The second-order valence-corrected chi connectivity index (χ2v) is 4.72. The summed E-state index contributed by atoms with van der Waals surface area (Å²) in [4.78, 5) is 10.5. The summed E-state index contributed by atoms with van der Waals surface area (Å²) < 4.78 is 19.5. The highest BCUT2D eigenvalue weighted by atomic mass is 32.2. The van der Waals surface area contributed by atoms with Crippen molar-refractivity contribution in [2.24, 2.45) is 0 Å². The molecule has 0 aromatic heterocycles. The van der Waals surface area contributed by atoms with Gasteiger partial charge in [-0.25, -0.2) is 9.00 Å². The molecule has 1 amide bonds. The number of anilines is 1. The van der Waals surface area contributed by atoms with Crippen molar-refractivity contribution < 1.29 is 18.7 Å². The predicted molar refractivity (Wildman–Crippen MR) is 70.1 cm³/mol. The number of hydrogen-bond donors (Lipinski definition) is 3. The molecule has 0 spiro atoms. The lowest BCUT2D eigenvalue weighted by Crippen LogP contribution is -2.06. The number of amides is 1. The van der Waals surface area contributed by atoms with Gasteiger partial charge in [0.1, 0.15) is 0 Å². The van der Waals surface area contributed by atoms with Gasteiger partial charge in [0.15, 0.2) is 11.1 Å². The minimum Gasteiger partial charge on any atom is -0.465 e. The molecule has 2 aromatic rings. The molecule has 5 nitrogen and oxygen atoms in total. The Morgan fingerprint density at radius 1 is 1.17 bits per heavy atom. The summed E-state index contributed by atoms with van der Waals surface area (Å²) >= 11 is -1.86. The van der Waals surface area contributed by atoms with Crippen LogP contribution in [0, 0.1) is 0 Å². The van der Waals surface area contributed by atoms with Gasteiger partial charge >= 0.3 is 6.09 Å². The van der Waals surface area contributed by atoms with Crippen molar-refractivity contribution >= 4 is 33.6 Å². The van der Waals surface area contributed by atoms with Crippen LogP contribution >= 0.6 is 0 Å². The number of hydrogen-bond acceptors (Lipinski definition) is 2. The molecule has 3 N–H and O–H groups in total. The molecule has 6 heteroatoms. The third-order valence-corrected chi connectivity index (χ3v) is 3.03. The highest BCUT2D eigenvalue weighted by Gasteiger charge is 2.02. The topological polar surface area (TPSA) is 86.6 Å². The second kappa shape index (κ2) is 5.16. The average molecular weight is 265 g/mol. The highest BCUT2D eigenvalue weighted by Crippen LogP contribution is 2.21. The molecule has 18 heavy (non-hydrogen) atoms. The lowest BCUT2D eigenvalue weighted by atomic mass is 10.1. The maximum atomic E-state index is 10.7. The molecule has 0 aliphatic carbocycles. The zero-order valence-corrected chi connectivity index (χ0v) is 10.1. The standard InChI is InChI=1S/C12H11NO4S/c14-12(15)13-11-4-3-9-5-8(7-18(16)17)1-2-10(9)6-11/h1-6,13H,7H2,(H,14,15)(H,16,17). The van der Waals surface area contributed by atoms with Crippen molar-refractivity contribution in [3.63, 3.8) is 0 Å². The quantitative estimate of drug-likeness (QED) is 0.744. The molecule has 0 saturated heterocycles. The summed E-state index contributed by atoms with van der Waals surface area (Å²) in [6.45, 7) is 0. The molecule has 1 atom stereocenters. The number of nitrogens with one attached hydrogen (secondary N) is 1. The molecule has 0 saturated carbocycles. The van der Waals surface area contributed by atoms with Gasteiger partial charge in [0, 0.05) is 5.69 Å². The largest absolute Gasteiger partial charge is 0.465 e. The van der Waals surface area contributed by atoms with E-state index in [-0.39, 0.29) is 5.75 Å². The van der Waals surface area contributed by atoms with E-state index >= 15 is 0 Å². The Kier molecular flexibility index (Phi) is 3.59. The lowest BCUT2D eigenvalue weighted by Gasteiger charge is -2.05. The van der Waals surface area contributed by atoms with E-state index in [0.717, 1.165) is 16.3 Å². The van der Waals surface area contributed by atoms with Crippen LogP contribution in [-0.2, 0) is 16.8 Å². The predicted octanol–water partition coefficient (Wildman–Crippen LogP) is 2.65. The van der Waals surface area contributed by atoms with Crippen molar-refractivity contribution in [3.05, 3.63) is 42.0 Å². The second-order valence-electron chi connectivity index (χ2n) is 3.79. The van der Waals surface area contributed by atoms with Crippen molar-refractivity contribution in [2.75, 3.05) is 5.32 Å². The fourth-order valence-corrected chi connectivity index (χ4v) is 2.19. The Morgan fingerprint density at radius 3 is 2.50 bits per heavy atom. The fourth-order valence-electron chi connectivity index (χ4n) is 1.73. The summed E-state index contributed by atoms with van der Waals surface area (Å²) in [5.74, 6) is 0.0884. The van der Waals surface area contributed by atoms with E-state index in [1.165, 1.54) is 0 Å². The Hall–Kier alpha value is -1.92. The summed E-state index contributed by atoms with van der Waals surface area (Å²) in [5, 5.41) is 12.6. The normalized spacial score (nSPS) is 12.3. The van der Waals surface area contributed by atoms with Gasteiger partial charge in [0.05, 0.1) is 5.75 Å². The van der Waals surface area contributed by atoms with Crippen LogP contribution in [0.3, 0.4) is 0 Å². The number of rotatable bonds is 3. The molecule has 0 heterocycles. The third-order valence-electron chi connectivity index (χ3n) is 2.45. The fraction of sp³-hybridized carbons (Fsp3) is 0.0833. The minimum absolute atomic E-state index is 0.0884. The maximum Gasteiger partial charge on any atom is 0.409 e. The first kappa shape index (κ1) is 12.5. The van der Waals surface area contributed by atoms with Crippen molar-refractivity contribution in [1.29, 1.82) is 0 Å². The van der Waals surface area contributed by atoms with Crippen LogP contribution in [0.25, 0.3) is 10.8 Å². The highest BCUT2D eigenvalue weighted by molar-refractivity contribution is 7.78. The van der Waals surface area contributed by atoms with E-state index < -0.39 is 17.2 Å². The van der Waals surface area contributed by atoms with Gasteiger partial charge in [0.2, 0.25) is 0 Å². The van der Waals surface area contributed by atoms with E-state index in [1.54, 1.807) is 30.3 Å². The number of carbonyl (C=O) groups is 1. The minimum atomic E-state index is -1.86. The molecule has 0 fully saturated rings. The van der Waals surface area contributed by atoms with Gasteiger partial charge in [-0.05, 0) is 28.5 Å². The average Bonchev–Trinajstić information content (AvgIpc) is 2.27. The van der Waals surface area contributed by atoms with Gasteiger partial charge in [0.25, 0.3) is 0 Å². The number of benzene rings is 2. The van der Waals surface area contributed by atoms with Gasteiger partial charge in [-0.15, -0.1) is 0 Å². The number of carboxylic acid groups (broad SMARTS) is 1. The summed E-state index contributed by atoms with van der Waals surface area (Å²) in [7, 11) is 0. The van der Waals surface area contributed by atoms with Crippen molar-refractivity contribution in [2.45, 2.75) is 5.75 Å². The van der Waals surface area contributed by atoms with Gasteiger partial charge in [-0.1, -0.05) is 24.3 Å². The van der Waals surface area contributed by atoms with E-state index in [0.29, 0.717) is 5.69 Å². The molecule has 0 aliphatic rings. The molecule has 0 aliphatic heterocycles. The Bertz CT molecular complexity index is 571. The van der Waals surface area contributed by atoms with Gasteiger partial charge in [-0.2, -0.15) is 0 Å². The van der Waals surface area contributed by atoms with Crippen LogP contribution in [0.2, 0.25) is 0 Å². The zero-order valence-electron chi connectivity index (χ0n) is 9.29. The molecule has 0 bridgehead atoms. The summed E-state index contributed by atoms with van der Waals surface area (Å²) in [6, 6.07) is 10.5. The monoisotopic (exact) mass is 265 g/mol. The van der Waals surface area contributed by atoms with Crippen LogP contribution in [-0.4, -0.2) is 20.0 Å². The molecule has 94 valence electrons. The van der Waals surface area contributed by atoms with Crippen molar-refractivity contribution in [1.82, 2.24) is 0 Å². The Morgan fingerprint density at radius 2 is 1.83 bits per heavy atom. The molecular formula is C12H11NO4S. The molecule has 2 rings (SSSR count). The molecule has 2 aromatic carbocycles. The van der Waals surface area contributed by atoms with E-state index in [4.69, 9.17) is 9.66 Å². The van der Waals surface area contributed by atoms with Crippen molar-refractivity contribution in [3.8, 4) is 0 Å². The van der Waals surface area contributed by atoms with E-state index in [1.807, 2.05) is 6.07 Å². The van der Waals surface area contributed by atoms with Crippen LogP contribution in [0.5, 0.6) is 0 Å². The molecule has 0 radical (unpaired) electrons. The first-order valence-electron chi connectivity index (χ1n) is 5.15. The van der Waals surface area contributed by atoms with Gasteiger partial charge in [-0.3, -0.25) is 5.32 Å². The summed E-state index contributed by atoms with van der Waals surface area (Å²) in [6.07, 6.45) is -1.11. The first-order valence-corrected chi connectivity index (χ1v) is 6.42. The zero-order chi connectivity index (χ0) is 13.1. The summed E-state index contributed by atoms with van der Waals surface area (Å²) in [5.41, 5.74) is 1.26. The van der Waals surface area contributed by atoms with E-state index in [2.05, 4.69) is 5.32 Å². The Balaban J connectivity index is 2.35. The van der Waals surface area contributed by atoms with Crippen LogP contribution < -0.4 is 5.32 Å². The molecule has 1 unspecified atom stereocenters.